The van der Waals surface area contributed by atoms with Gasteiger partial charge >= 0.3 is 0 Å². The molecule has 4 heterocycles. The Morgan fingerprint density at radius 1 is 1.43 bits per heavy atom. The molecule has 2 atom stereocenters. The molecule has 1 amide bonds. The zero-order chi connectivity index (χ0) is 24.8. The van der Waals surface area contributed by atoms with E-state index >= 15 is 0 Å². The molecule has 1 saturated heterocycles. The first kappa shape index (κ1) is 24.5. The van der Waals surface area contributed by atoms with Crippen LogP contribution in [0.15, 0.2) is 36.7 Å². The van der Waals surface area contributed by atoms with Crippen LogP contribution in [0.4, 0.5) is 5.69 Å². The smallest absolute Gasteiger partial charge is 0.270 e. The van der Waals surface area contributed by atoms with E-state index in [1.54, 1.807) is 24.5 Å². The van der Waals surface area contributed by atoms with Gasteiger partial charge in [0.05, 0.1) is 24.1 Å². The van der Waals surface area contributed by atoms with Crippen molar-refractivity contribution in [2.75, 3.05) is 32.0 Å². The summed E-state index contributed by atoms with van der Waals surface area (Å²) in [6.45, 7) is 4.37. The number of piperidine rings is 1. The summed E-state index contributed by atoms with van der Waals surface area (Å²) in [6, 6.07) is 9.06. The number of aliphatic hydroxyl groups is 1. The molecule has 4 rings (SSSR count). The van der Waals surface area contributed by atoms with Crippen molar-refractivity contribution >= 4 is 22.9 Å². The number of nitriles is 1. The number of nitrogens with zero attached hydrogens (tertiary/aromatic N) is 5. The number of anilines is 1. The standard InChI is InChI=1S/C24H27N7O3S/c1-2-34-23-17(10-25)18(26)9-20(30-23)22(33)28-11-15-6-8-31(14-21(15)32)13-16-12-29-24(35-16)19-5-3-4-7-27-19/h3-5,7,9,12,15,21,32H,2,6,8,11,13-14H2,1H3,(H2,26,30)(H,28,33)/t15-,21+/m1/s1. The van der Waals surface area contributed by atoms with Crippen molar-refractivity contribution in [1.29, 1.82) is 5.26 Å². The normalized spacial score (nSPS) is 18.1. The van der Waals surface area contributed by atoms with Gasteiger partial charge in [0.25, 0.3) is 5.91 Å². The van der Waals surface area contributed by atoms with Gasteiger partial charge in [-0.05, 0) is 38.1 Å². The molecule has 10 nitrogen and oxygen atoms in total. The first-order chi connectivity index (χ1) is 17.0. The number of carbonyl (C=O) groups is 1. The number of aliphatic hydroxyl groups excluding tert-OH is 1. The summed E-state index contributed by atoms with van der Waals surface area (Å²) in [6.07, 6.45) is 3.77. The number of aromatic nitrogens is 3. The van der Waals surface area contributed by atoms with Crippen molar-refractivity contribution in [2.24, 2.45) is 5.92 Å². The van der Waals surface area contributed by atoms with E-state index < -0.39 is 12.0 Å². The van der Waals surface area contributed by atoms with Gasteiger partial charge in [-0.25, -0.2) is 9.97 Å². The number of nitrogens with two attached hydrogens (primary N) is 1. The number of thiazole rings is 1. The maximum Gasteiger partial charge on any atom is 0.270 e. The van der Waals surface area contributed by atoms with Gasteiger partial charge in [0, 0.05) is 42.8 Å². The lowest BCUT2D eigenvalue weighted by atomic mass is 9.93. The Bertz CT molecular complexity index is 1210. The number of hydrogen-bond donors (Lipinski definition) is 3. The lowest BCUT2D eigenvalue weighted by Gasteiger charge is -2.35. The Morgan fingerprint density at radius 2 is 2.29 bits per heavy atom. The average Bonchev–Trinajstić information content (AvgIpc) is 3.32. The molecule has 0 unspecified atom stereocenters. The first-order valence-electron chi connectivity index (χ1n) is 11.4. The summed E-state index contributed by atoms with van der Waals surface area (Å²) in [5.41, 5.74) is 7.07. The molecule has 4 N–H and O–H groups in total. The quantitative estimate of drug-likeness (QED) is 0.428. The summed E-state index contributed by atoms with van der Waals surface area (Å²) in [7, 11) is 0. The predicted molar refractivity (Wildman–Crippen MR) is 132 cm³/mol. The number of nitrogens with one attached hydrogen (secondary N) is 1. The summed E-state index contributed by atoms with van der Waals surface area (Å²) in [4.78, 5) is 28.9. The molecule has 3 aromatic rings. The van der Waals surface area contributed by atoms with Crippen molar-refractivity contribution in [1.82, 2.24) is 25.2 Å². The van der Waals surface area contributed by atoms with E-state index in [1.807, 2.05) is 30.5 Å². The highest BCUT2D eigenvalue weighted by molar-refractivity contribution is 7.14. The third kappa shape index (κ3) is 5.92. The summed E-state index contributed by atoms with van der Waals surface area (Å²) >= 11 is 1.60. The number of pyridine rings is 2. The number of β-amino-alcohol motifs (C(OH)–C–C–N with tert-alkyl or cyclic N) is 1. The zero-order valence-corrected chi connectivity index (χ0v) is 20.2. The summed E-state index contributed by atoms with van der Waals surface area (Å²) in [5.74, 6) is -0.464. The Balaban J connectivity index is 1.30. The number of ether oxygens (including phenoxy) is 1. The van der Waals surface area contributed by atoms with E-state index in [-0.39, 0.29) is 28.7 Å². The largest absolute Gasteiger partial charge is 0.477 e. The van der Waals surface area contributed by atoms with Crippen LogP contribution < -0.4 is 15.8 Å². The third-order valence-corrected chi connectivity index (χ3v) is 6.79. The van der Waals surface area contributed by atoms with Crippen LogP contribution in [0.2, 0.25) is 0 Å². The highest BCUT2D eigenvalue weighted by Gasteiger charge is 2.29. The minimum absolute atomic E-state index is 0.0442. The molecule has 0 aromatic carbocycles. The number of amides is 1. The van der Waals surface area contributed by atoms with Crippen LogP contribution in [0, 0.1) is 17.2 Å². The second kappa shape index (κ2) is 11.2. The Labute approximate surface area is 207 Å². The van der Waals surface area contributed by atoms with E-state index in [4.69, 9.17) is 10.5 Å². The van der Waals surface area contributed by atoms with Gasteiger partial charge in [0.2, 0.25) is 5.88 Å². The SMILES string of the molecule is CCOc1nc(C(=O)NC[C@H]2CCN(Cc3cnc(-c4ccccn4)s3)C[C@@H]2O)cc(N)c1C#N. The van der Waals surface area contributed by atoms with E-state index in [0.717, 1.165) is 28.5 Å². The molecular formula is C24H27N7O3S. The van der Waals surface area contributed by atoms with Crippen molar-refractivity contribution in [3.8, 4) is 22.7 Å². The summed E-state index contributed by atoms with van der Waals surface area (Å²) < 4.78 is 5.35. The lowest BCUT2D eigenvalue weighted by molar-refractivity contribution is 0.0193. The Kier molecular flexibility index (Phi) is 7.87. The number of likely N-dealkylation sites (tertiary alicyclic amines) is 1. The van der Waals surface area contributed by atoms with Crippen LogP contribution in [0.5, 0.6) is 5.88 Å². The molecule has 1 aliphatic heterocycles. The summed E-state index contributed by atoms with van der Waals surface area (Å²) in [5, 5.41) is 23.7. The van der Waals surface area contributed by atoms with E-state index in [0.29, 0.717) is 26.2 Å². The molecule has 35 heavy (non-hydrogen) atoms. The van der Waals surface area contributed by atoms with Gasteiger partial charge in [0.1, 0.15) is 22.3 Å². The van der Waals surface area contributed by atoms with Crippen LogP contribution in [0.3, 0.4) is 0 Å². The van der Waals surface area contributed by atoms with Crippen molar-refractivity contribution in [3.63, 3.8) is 0 Å². The average molecular weight is 494 g/mol. The molecular weight excluding hydrogens is 466 g/mol. The molecule has 0 aliphatic carbocycles. The maximum atomic E-state index is 12.7. The van der Waals surface area contributed by atoms with Crippen molar-refractivity contribution in [2.45, 2.75) is 26.0 Å². The topological polar surface area (TPSA) is 150 Å². The molecule has 0 radical (unpaired) electrons. The Hall–Kier alpha value is -3.59. The second-order valence-electron chi connectivity index (χ2n) is 8.23. The molecule has 3 aromatic heterocycles. The van der Waals surface area contributed by atoms with Gasteiger partial charge < -0.3 is 20.9 Å². The van der Waals surface area contributed by atoms with Gasteiger partial charge in [-0.2, -0.15) is 5.26 Å². The number of carbonyl (C=O) groups excluding carboxylic acids is 1. The molecule has 182 valence electrons. The Morgan fingerprint density at radius 3 is 3.00 bits per heavy atom. The van der Waals surface area contributed by atoms with Gasteiger partial charge in [-0.1, -0.05) is 6.07 Å². The monoisotopic (exact) mass is 493 g/mol. The van der Waals surface area contributed by atoms with E-state index in [2.05, 4.69) is 25.2 Å². The van der Waals surface area contributed by atoms with Gasteiger partial charge in [-0.15, -0.1) is 11.3 Å². The zero-order valence-electron chi connectivity index (χ0n) is 19.3. The van der Waals surface area contributed by atoms with Crippen LogP contribution >= 0.6 is 11.3 Å². The number of hydrogen-bond acceptors (Lipinski definition) is 10. The fourth-order valence-electron chi connectivity index (χ4n) is 3.96. The lowest BCUT2D eigenvalue weighted by Crippen LogP contribution is -2.47. The van der Waals surface area contributed by atoms with Crippen LogP contribution in [0.25, 0.3) is 10.7 Å². The molecule has 0 spiro atoms. The molecule has 1 aliphatic rings. The fraction of sp³-hybridized carbons (Fsp3) is 0.375. The second-order valence-corrected chi connectivity index (χ2v) is 9.34. The fourth-order valence-corrected chi connectivity index (χ4v) is 4.89. The molecule has 1 fully saturated rings. The minimum atomic E-state index is -0.579. The van der Waals surface area contributed by atoms with Gasteiger partial charge in [-0.3, -0.25) is 14.7 Å². The number of nitrogen functional groups attached to an aromatic ring is 1. The number of rotatable bonds is 8. The maximum absolute atomic E-state index is 12.7. The van der Waals surface area contributed by atoms with Crippen LogP contribution in [0.1, 0.15) is 34.3 Å². The third-order valence-electron chi connectivity index (χ3n) is 5.79. The van der Waals surface area contributed by atoms with Crippen LogP contribution in [-0.2, 0) is 6.54 Å². The van der Waals surface area contributed by atoms with E-state index in [9.17, 15) is 15.2 Å². The molecule has 11 heteroatoms. The molecule has 0 saturated carbocycles. The van der Waals surface area contributed by atoms with E-state index in [1.165, 1.54) is 6.07 Å². The van der Waals surface area contributed by atoms with Crippen molar-refractivity contribution in [3.05, 3.63) is 52.8 Å². The van der Waals surface area contributed by atoms with Gasteiger partial charge in [0.15, 0.2) is 0 Å². The minimum Gasteiger partial charge on any atom is -0.477 e. The van der Waals surface area contributed by atoms with Crippen LogP contribution in [-0.4, -0.2) is 63.2 Å². The molecule has 0 bridgehead atoms. The highest BCUT2D eigenvalue weighted by Crippen LogP contribution is 2.26. The van der Waals surface area contributed by atoms with Crippen molar-refractivity contribution < 1.29 is 14.6 Å². The predicted octanol–water partition coefficient (Wildman–Crippen LogP) is 2.07. The highest BCUT2D eigenvalue weighted by atomic mass is 32.1. The first-order valence-corrected chi connectivity index (χ1v) is 12.2.